The highest BCUT2D eigenvalue weighted by molar-refractivity contribution is 5.80. The molecule has 0 radical (unpaired) electrons. The predicted molar refractivity (Wildman–Crippen MR) is 173 cm³/mol. The van der Waals surface area contributed by atoms with Gasteiger partial charge in [-0.2, -0.15) is 0 Å². The van der Waals surface area contributed by atoms with Gasteiger partial charge in [0.05, 0.1) is 17.4 Å². The number of alkyl halides is 2. The van der Waals surface area contributed by atoms with Crippen LogP contribution in [0.2, 0.25) is 0 Å². The molecule has 2 aliphatic rings. The Kier molecular flexibility index (Phi) is 10.6. The van der Waals surface area contributed by atoms with Gasteiger partial charge in [0.25, 0.3) is 5.56 Å². The van der Waals surface area contributed by atoms with Gasteiger partial charge < -0.3 is 19.3 Å². The Labute approximate surface area is 272 Å². The summed E-state index contributed by atoms with van der Waals surface area (Å²) in [5, 5.41) is 0.207. The molecule has 2 saturated heterocycles. The van der Waals surface area contributed by atoms with Crippen LogP contribution < -0.4 is 16.0 Å². The van der Waals surface area contributed by atoms with Gasteiger partial charge in [-0.05, 0) is 62.9 Å². The molecule has 1 aromatic heterocycles. The zero-order chi connectivity index (χ0) is 33.7. The van der Waals surface area contributed by atoms with E-state index in [0.717, 1.165) is 17.5 Å². The molecule has 254 valence electrons. The molecule has 11 nitrogen and oxygen atoms in total. The maximum atomic E-state index is 14.0. The third-order valence-corrected chi connectivity index (χ3v) is 8.59. The highest BCUT2D eigenvalue weighted by atomic mass is 19.1. The van der Waals surface area contributed by atoms with Crippen LogP contribution in [0.5, 0.6) is 5.75 Å². The monoisotopic (exact) mass is 655 g/mol. The lowest BCUT2D eigenvalue weighted by Gasteiger charge is -2.35. The number of amides is 2. The average molecular weight is 656 g/mol. The number of aromatic nitrogens is 2. The lowest BCUT2D eigenvalue weighted by atomic mass is 10.0. The van der Waals surface area contributed by atoms with Crippen molar-refractivity contribution in [1.82, 2.24) is 23.8 Å². The van der Waals surface area contributed by atoms with Gasteiger partial charge in [0.1, 0.15) is 24.7 Å². The topological polar surface area (TPSA) is 106 Å². The van der Waals surface area contributed by atoms with E-state index in [0.29, 0.717) is 64.2 Å². The molecule has 2 aromatic carbocycles. The number of piperazine rings is 1. The molecule has 3 heterocycles. The van der Waals surface area contributed by atoms with Gasteiger partial charge >= 0.3 is 11.8 Å². The zero-order valence-corrected chi connectivity index (χ0v) is 27.2. The molecule has 47 heavy (non-hydrogen) atoms. The quantitative estimate of drug-likeness (QED) is 0.307. The van der Waals surface area contributed by atoms with E-state index in [1.54, 1.807) is 20.4 Å². The smallest absolute Gasteiger partial charge is 0.410 e. The van der Waals surface area contributed by atoms with Crippen molar-refractivity contribution in [1.29, 1.82) is 0 Å². The van der Waals surface area contributed by atoms with Crippen molar-refractivity contribution in [3.05, 3.63) is 74.4 Å². The van der Waals surface area contributed by atoms with Gasteiger partial charge in [-0.15, -0.1) is 0 Å². The van der Waals surface area contributed by atoms with Crippen molar-refractivity contribution in [3.63, 3.8) is 0 Å². The first-order chi connectivity index (χ1) is 22.5. The summed E-state index contributed by atoms with van der Waals surface area (Å²) >= 11 is 0. The van der Waals surface area contributed by atoms with Crippen LogP contribution in [-0.2, 0) is 22.6 Å². The van der Waals surface area contributed by atoms with Crippen LogP contribution in [0.15, 0.2) is 52.1 Å². The molecule has 5 rings (SSSR count). The summed E-state index contributed by atoms with van der Waals surface area (Å²) < 4.78 is 40.1. The van der Waals surface area contributed by atoms with E-state index in [-0.39, 0.29) is 29.8 Å². The maximum Gasteiger partial charge on any atom is 0.410 e. The number of fused-ring (bicyclic) bond motifs is 1. The van der Waals surface area contributed by atoms with Gasteiger partial charge in [-0.25, -0.2) is 18.4 Å². The summed E-state index contributed by atoms with van der Waals surface area (Å²) in [6.07, 6.45) is 0.276. The molecule has 2 fully saturated rings. The van der Waals surface area contributed by atoms with Crippen LogP contribution in [0.1, 0.15) is 50.8 Å². The molecule has 0 unspecified atom stereocenters. The van der Waals surface area contributed by atoms with Gasteiger partial charge in [-0.3, -0.25) is 23.6 Å². The van der Waals surface area contributed by atoms with Crippen LogP contribution in [0.3, 0.4) is 0 Å². The number of rotatable bonds is 10. The summed E-state index contributed by atoms with van der Waals surface area (Å²) in [6.45, 7) is 7.75. The van der Waals surface area contributed by atoms with Crippen molar-refractivity contribution in [3.8, 4) is 5.75 Å². The van der Waals surface area contributed by atoms with E-state index >= 15 is 0 Å². The lowest BCUT2D eigenvalue weighted by Crippen LogP contribution is -2.49. The summed E-state index contributed by atoms with van der Waals surface area (Å²) in [4.78, 5) is 57.1. The standard InChI is InChI=1S/C34H43F2N5O6/c1-34(2,3)47-33(45)39-16-14-37(15-17-39)21-24-4-6-25(7-5-24)22-40-31(43)29-18-27(46-28(19-35)20-36)8-9-30(29)41(32(40)44)26-10-12-38(23-42)13-11-26/h4-9,18,23,26,28H,10-17,19-22H2,1-3H3. The molecule has 13 heteroatoms. The van der Waals surface area contributed by atoms with Crippen molar-refractivity contribution in [2.24, 2.45) is 0 Å². The van der Waals surface area contributed by atoms with Gasteiger partial charge in [0.15, 0.2) is 6.10 Å². The van der Waals surface area contributed by atoms with Gasteiger partial charge in [0.2, 0.25) is 6.41 Å². The fraction of sp³-hybridized carbons (Fsp3) is 0.529. The Hall–Kier alpha value is -4.26. The van der Waals surface area contributed by atoms with Crippen molar-refractivity contribution < 1.29 is 27.8 Å². The number of benzene rings is 2. The highest BCUT2D eigenvalue weighted by Crippen LogP contribution is 2.26. The number of piperidine rings is 1. The van der Waals surface area contributed by atoms with Crippen LogP contribution >= 0.6 is 0 Å². The second kappa shape index (κ2) is 14.7. The Bertz CT molecular complexity index is 1670. The Morgan fingerprint density at radius 3 is 2.11 bits per heavy atom. The Morgan fingerprint density at radius 1 is 0.915 bits per heavy atom. The van der Waals surface area contributed by atoms with Crippen molar-refractivity contribution in [2.45, 2.75) is 64.4 Å². The second-order valence-corrected chi connectivity index (χ2v) is 13.2. The average Bonchev–Trinajstić information content (AvgIpc) is 3.06. The van der Waals surface area contributed by atoms with Crippen LogP contribution in [0.25, 0.3) is 10.9 Å². The van der Waals surface area contributed by atoms with Gasteiger partial charge in [-0.1, -0.05) is 24.3 Å². The highest BCUT2D eigenvalue weighted by Gasteiger charge is 2.27. The number of hydrogen-bond acceptors (Lipinski definition) is 7. The molecule has 0 atom stereocenters. The molecular weight excluding hydrogens is 612 g/mol. The molecule has 0 saturated carbocycles. The van der Waals surface area contributed by atoms with Crippen molar-refractivity contribution >= 4 is 23.4 Å². The first-order valence-corrected chi connectivity index (χ1v) is 16.0. The normalized spacial score (nSPS) is 16.6. The van der Waals surface area contributed by atoms with Crippen LogP contribution in [-0.4, -0.2) is 101 Å². The molecule has 0 N–H and O–H groups in total. The molecule has 2 amide bonds. The summed E-state index contributed by atoms with van der Waals surface area (Å²) in [5.41, 5.74) is 0.698. The SMILES string of the molecule is CC(C)(C)OC(=O)N1CCN(Cc2ccc(Cn3c(=O)c4cc(OC(CF)CF)ccc4n(C4CCN(C=O)CC4)c3=O)cc2)CC1. The number of halogens is 2. The minimum Gasteiger partial charge on any atom is -0.485 e. The summed E-state index contributed by atoms with van der Waals surface area (Å²) in [6, 6.07) is 12.0. The maximum absolute atomic E-state index is 14.0. The van der Waals surface area contributed by atoms with E-state index in [9.17, 15) is 28.0 Å². The van der Waals surface area contributed by atoms with E-state index in [2.05, 4.69) is 4.90 Å². The fourth-order valence-electron chi connectivity index (χ4n) is 6.08. The minimum atomic E-state index is -1.29. The first kappa shape index (κ1) is 34.1. The third kappa shape index (κ3) is 8.19. The number of nitrogens with zero attached hydrogens (tertiary/aromatic N) is 5. The molecule has 0 aliphatic carbocycles. The molecule has 3 aromatic rings. The third-order valence-electron chi connectivity index (χ3n) is 8.59. The van der Waals surface area contributed by atoms with Gasteiger partial charge in [0, 0.05) is 51.9 Å². The number of hydrogen-bond donors (Lipinski definition) is 0. The van der Waals surface area contributed by atoms with Crippen LogP contribution in [0.4, 0.5) is 13.6 Å². The number of carbonyl (C=O) groups is 2. The fourth-order valence-corrected chi connectivity index (χ4v) is 6.08. The second-order valence-electron chi connectivity index (χ2n) is 13.2. The van der Waals surface area contributed by atoms with E-state index in [4.69, 9.17) is 9.47 Å². The largest absolute Gasteiger partial charge is 0.485 e. The summed E-state index contributed by atoms with van der Waals surface area (Å²) in [7, 11) is 0. The molecular formula is C34H43F2N5O6. The van der Waals surface area contributed by atoms with E-state index in [1.807, 2.05) is 45.0 Å². The predicted octanol–water partition coefficient (Wildman–Crippen LogP) is 3.74. The van der Waals surface area contributed by atoms with Crippen molar-refractivity contribution in [2.75, 3.05) is 52.6 Å². The molecule has 0 spiro atoms. The Morgan fingerprint density at radius 2 is 1.53 bits per heavy atom. The Balaban J connectivity index is 1.36. The molecule has 0 bridgehead atoms. The summed E-state index contributed by atoms with van der Waals surface area (Å²) in [5.74, 6) is 0.138. The first-order valence-electron chi connectivity index (χ1n) is 16.0. The number of carbonyl (C=O) groups excluding carboxylic acids is 2. The number of likely N-dealkylation sites (tertiary alicyclic amines) is 1. The van der Waals surface area contributed by atoms with Crippen LogP contribution in [0, 0.1) is 0 Å². The van der Waals surface area contributed by atoms with E-state index in [1.165, 1.54) is 16.7 Å². The number of ether oxygens (including phenoxy) is 2. The lowest BCUT2D eigenvalue weighted by molar-refractivity contribution is -0.119. The minimum absolute atomic E-state index is 0.0261. The molecule has 2 aliphatic heterocycles. The van der Waals surface area contributed by atoms with E-state index < -0.39 is 36.3 Å². The zero-order valence-electron chi connectivity index (χ0n) is 27.2.